The second-order valence-electron chi connectivity index (χ2n) is 5.69. The smallest absolute Gasteiger partial charge is 0.408 e. The molecule has 5 nitrogen and oxygen atoms in total. The number of fused-ring (bicyclic) bond motifs is 1. The fourth-order valence-corrected chi connectivity index (χ4v) is 3.60. The van der Waals surface area contributed by atoms with E-state index in [-0.39, 0.29) is 5.76 Å². The number of benzene rings is 1. The normalized spacial score (nSPS) is 13.0. The van der Waals surface area contributed by atoms with Crippen LogP contribution in [-0.4, -0.2) is 36.7 Å². The van der Waals surface area contributed by atoms with Crippen molar-refractivity contribution in [3.63, 3.8) is 0 Å². The minimum absolute atomic E-state index is 0.296. The Balaban J connectivity index is 1.60. The minimum atomic E-state index is -0.296. The molecule has 122 valence electrons. The molecule has 2 heterocycles. The molecule has 0 radical (unpaired) electrons. The number of nitrogens with one attached hydrogen (secondary N) is 1. The van der Waals surface area contributed by atoms with E-state index in [1.165, 1.54) is 4.88 Å². The first-order chi connectivity index (χ1) is 11.2. The van der Waals surface area contributed by atoms with Crippen molar-refractivity contribution >= 4 is 22.4 Å². The topological polar surface area (TPSA) is 50.4 Å². The first kappa shape index (κ1) is 16.0. The summed E-state index contributed by atoms with van der Waals surface area (Å²) in [6, 6.07) is 12.1. The number of hydrogen-bond acceptors (Lipinski definition) is 5. The third kappa shape index (κ3) is 3.55. The fourth-order valence-electron chi connectivity index (χ4n) is 2.67. The summed E-state index contributed by atoms with van der Waals surface area (Å²) in [4.78, 5) is 15.5. The quantitative estimate of drug-likeness (QED) is 0.676. The van der Waals surface area contributed by atoms with Crippen LogP contribution in [0.3, 0.4) is 0 Å². The maximum atomic E-state index is 11.9. The van der Waals surface area contributed by atoms with Crippen LogP contribution in [0.5, 0.6) is 0 Å². The Labute approximate surface area is 139 Å². The fraction of sp³-hybridized carbons (Fsp3) is 0.353. The molecule has 23 heavy (non-hydrogen) atoms. The number of likely N-dealkylation sites (N-methyl/N-ethyl adjacent to an activating group) is 1. The Morgan fingerprint density at radius 1 is 1.26 bits per heavy atom. The average molecular weight is 331 g/mol. The molecule has 0 saturated heterocycles. The Bertz CT molecular complexity index is 805. The van der Waals surface area contributed by atoms with Gasteiger partial charge in [0.15, 0.2) is 5.58 Å². The van der Waals surface area contributed by atoms with Crippen LogP contribution in [0, 0.1) is 0 Å². The van der Waals surface area contributed by atoms with E-state index in [0.29, 0.717) is 18.2 Å². The van der Waals surface area contributed by atoms with E-state index in [2.05, 4.69) is 41.8 Å². The molecule has 6 heteroatoms. The van der Waals surface area contributed by atoms with Gasteiger partial charge < -0.3 is 14.6 Å². The molecule has 3 aromatic rings. The predicted molar refractivity (Wildman–Crippen MR) is 94.1 cm³/mol. The van der Waals surface area contributed by atoms with E-state index in [9.17, 15) is 4.79 Å². The van der Waals surface area contributed by atoms with E-state index in [1.54, 1.807) is 15.9 Å². The van der Waals surface area contributed by atoms with E-state index in [4.69, 9.17) is 4.42 Å². The second-order valence-corrected chi connectivity index (χ2v) is 6.67. The monoisotopic (exact) mass is 331 g/mol. The molecule has 0 aliphatic carbocycles. The van der Waals surface area contributed by atoms with Crippen LogP contribution in [0.1, 0.15) is 10.9 Å². The van der Waals surface area contributed by atoms with Gasteiger partial charge in [-0.2, -0.15) is 0 Å². The van der Waals surface area contributed by atoms with Gasteiger partial charge in [0.2, 0.25) is 0 Å². The number of thiophene rings is 1. The lowest BCUT2D eigenvalue weighted by Crippen LogP contribution is -2.33. The van der Waals surface area contributed by atoms with Gasteiger partial charge in [0.05, 0.1) is 11.6 Å². The Kier molecular flexibility index (Phi) is 4.95. The molecular weight excluding hydrogens is 310 g/mol. The summed E-state index contributed by atoms with van der Waals surface area (Å²) in [5.74, 6) is -0.296. The second kappa shape index (κ2) is 7.12. The molecule has 1 aromatic carbocycles. The van der Waals surface area contributed by atoms with E-state index >= 15 is 0 Å². The van der Waals surface area contributed by atoms with Crippen molar-refractivity contribution in [2.24, 2.45) is 0 Å². The summed E-state index contributed by atoms with van der Waals surface area (Å²) in [6.45, 7) is 2.16. The van der Waals surface area contributed by atoms with Gasteiger partial charge in [-0.25, -0.2) is 4.79 Å². The highest BCUT2D eigenvalue weighted by Gasteiger charge is 2.14. The molecule has 0 saturated carbocycles. The molecule has 0 unspecified atom stereocenters. The summed E-state index contributed by atoms with van der Waals surface area (Å²) in [5, 5.41) is 5.55. The van der Waals surface area contributed by atoms with E-state index in [1.807, 2.05) is 24.3 Å². The van der Waals surface area contributed by atoms with E-state index < -0.39 is 0 Å². The summed E-state index contributed by atoms with van der Waals surface area (Å²) in [6.07, 6.45) is 0. The number of oxazole rings is 1. The molecule has 0 bridgehead atoms. The molecule has 3 rings (SSSR count). The van der Waals surface area contributed by atoms with Gasteiger partial charge in [-0.15, -0.1) is 11.3 Å². The maximum Gasteiger partial charge on any atom is 0.419 e. The minimum Gasteiger partial charge on any atom is -0.408 e. The Morgan fingerprint density at radius 2 is 2.09 bits per heavy atom. The van der Waals surface area contributed by atoms with Gasteiger partial charge in [0.1, 0.15) is 0 Å². The standard InChI is InChI=1S/C17H21N3O2S/c1-19(2)14(16-8-5-11-23-16)12-18-9-10-20-13-6-3-4-7-15(13)22-17(20)21/h3-8,11,14,18H,9-10,12H2,1-2H3/t14-/m1/s1. The number of para-hydroxylation sites is 2. The first-order valence-electron chi connectivity index (χ1n) is 7.65. The summed E-state index contributed by atoms with van der Waals surface area (Å²) >= 11 is 1.77. The molecule has 1 atom stereocenters. The zero-order valence-corrected chi connectivity index (χ0v) is 14.2. The van der Waals surface area contributed by atoms with E-state index in [0.717, 1.165) is 18.6 Å². The summed E-state index contributed by atoms with van der Waals surface area (Å²) in [7, 11) is 4.17. The van der Waals surface area contributed by atoms with Crippen molar-refractivity contribution in [2.75, 3.05) is 27.2 Å². The summed E-state index contributed by atoms with van der Waals surface area (Å²) < 4.78 is 6.93. The van der Waals surface area contributed by atoms with Crippen molar-refractivity contribution in [2.45, 2.75) is 12.6 Å². The SMILES string of the molecule is CN(C)[C@H](CNCCn1c(=O)oc2ccccc21)c1cccs1. The zero-order chi connectivity index (χ0) is 16.2. The molecule has 0 fully saturated rings. The third-order valence-electron chi connectivity index (χ3n) is 3.92. The number of hydrogen-bond donors (Lipinski definition) is 1. The highest BCUT2D eigenvalue weighted by Crippen LogP contribution is 2.22. The highest BCUT2D eigenvalue weighted by molar-refractivity contribution is 7.10. The van der Waals surface area contributed by atoms with Crippen molar-refractivity contribution in [3.05, 3.63) is 57.2 Å². The van der Waals surface area contributed by atoms with Crippen LogP contribution < -0.4 is 11.1 Å². The van der Waals surface area contributed by atoms with Gasteiger partial charge in [-0.05, 0) is 37.7 Å². The van der Waals surface area contributed by atoms with Crippen LogP contribution in [0.25, 0.3) is 11.1 Å². The highest BCUT2D eigenvalue weighted by atomic mass is 32.1. The Morgan fingerprint density at radius 3 is 2.83 bits per heavy atom. The van der Waals surface area contributed by atoms with Crippen molar-refractivity contribution in [1.29, 1.82) is 0 Å². The lowest BCUT2D eigenvalue weighted by molar-refractivity contribution is 0.291. The lowest BCUT2D eigenvalue weighted by Gasteiger charge is -2.23. The third-order valence-corrected chi connectivity index (χ3v) is 4.89. The van der Waals surface area contributed by atoms with Gasteiger partial charge in [-0.1, -0.05) is 18.2 Å². The predicted octanol–water partition coefficient (Wildman–Crippen LogP) is 2.55. The maximum absolute atomic E-state index is 11.9. The molecular formula is C17H21N3O2S. The Hall–Kier alpha value is -1.89. The summed E-state index contributed by atoms with van der Waals surface area (Å²) in [5.41, 5.74) is 1.49. The average Bonchev–Trinajstić information content (AvgIpc) is 3.15. The largest absolute Gasteiger partial charge is 0.419 e. The molecule has 1 N–H and O–H groups in total. The molecule has 2 aromatic heterocycles. The van der Waals surface area contributed by atoms with Crippen molar-refractivity contribution in [3.8, 4) is 0 Å². The van der Waals surface area contributed by atoms with Crippen LogP contribution in [0.15, 0.2) is 51.0 Å². The number of nitrogens with zero attached hydrogens (tertiary/aromatic N) is 2. The lowest BCUT2D eigenvalue weighted by atomic mass is 10.2. The van der Waals surface area contributed by atoms with Gasteiger partial charge >= 0.3 is 5.76 Å². The van der Waals surface area contributed by atoms with Crippen LogP contribution in [0.4, 0.5) is 0 Å². The molecule has 0 aliphatic heterocycles. The van der Waals surface area contributed by atoms with Gasteiger partial charge in [0.25, 0.3) is 0 Å². The van der Waals surface area contributed by atoms with Gasteiger partial charge in [-0.3, -0.25) is 4.57 Å². The van der Waals surface area contributed by atoms with Crippen LogP contribution in [0.2, 0.25) is 0 Å². The molecule has 0 amide bonds. The van der Waals surface area contributed by atoms with Crippen molar-refractivity contribution < 1.29 is 4.42 Å². The van der Waals surface area contributed by atoms with Gasteiger partial charge in [0, 0.05) is 24.5 Å². The van der Waals surface area contributed by atoms with Crippen molar-refractivity contribution in [1.82, 2.24) is 14.8 Å². The molecule has 0 spiro atoms. The van der Waals surface area contributed by atoms with Crippen LogP contribution >= 0.6 is 11.3 Å². The van der Waals surface area contributed by atoms with Crippen LogP contribution in [-0.2, 0) is 6.54 Å². The first-order valence-corrected chi connectivity index (χ1v) is 8.53. The molecule has 0 aliphatic rings. The number of rotatable bonds is 7. The number of aromatic nitrogens is 1. The zero-order valence-electron chi connectivity index (χ0n) is 13.4.